The Balaban J connectivity index is 1.46. The minimum Gasteiger partial charge on any atom is -0.326 e. The van der Waals surface area contributed by atoms with E-state index in [1.54, 1.807) is 48.7 Å². The highest BCUT2D eigenvalue weighted by Gasteiger charge is 2.67. The van der Waals surface area contributed by atoms with E-state index in [9.17, 15) is 9.59 Å². The molecule has 0 aliphatic heterocycles. The van der Waals surface area contributed by atoms with Crippen molar-refractivity contribution in [3.05, 3.63) is 92.7 Å². The molecule has 2 unspecified atom stereocenters. The smallest absolute Gasteiger partial charge is 0.272 e. The zero-order chi connectivity index (χ0) is 24.5. The second kappa shape index (κ2) is 10.1. The number of pyridine rings is 1. The van der Waals surface area contributed by atoms with Gasteiger partial charge in [0, 0.05) is 27.8 Å². The van der Waals surface area contributed by atoms with E-state index < -0.39 is 28.0 Å². The maximum Gasteiger partial charge on any atom is 0.272 e. The minimum absolute atomic E-state index is 0.120. The lowest BCUT2D eigenvalue weighted by molar-refractivity contribution is -0.117. The van der Waals surface area contributed by atoms with E-state index in [-0.39, 0.29) is 10.6 Å². The summed E-state index contributed by atoms with van der Waals surface area (Å²) >= 11 is 31.1. The van der Waals surface area contributed by atoms with Crippen molar-refractivity contribution in [1.29, 1.82) is 0 Å². The summed E-state index contributed by atoms with van der Waals surface area (Å²) in [7, 11) is 0. The molecular weight excluding hydrogens is 542 g/mol. The number of anilines is 1. The Morgan fingerprint density at radius 2 is 1.74 bits per heavy atom. The quantitative estimate of drug-likeness (QED) is 0.211. The molecular formula is C23H15Cl5N4O2. The largest absolute Gasteiger partial charge is 0.326 e. The second-order valence-corrected chi connectivity index (χ2v) is 10.2. The Labute approximate surface area is 220 Å². The first-order chi connectivity index (χ1) is 16.2. The van der Waals surface area contributed by atoms with Crippen LogP contribution < -0.4 is 10.7 Å². The molecule has 2 amide bonds. The van der Waals surface area contributed by atoms with Gasteiger partial charge in [-0.15, -0.1) is 23.2 Å². The number of amides is 2. The first kappa shape index (κ1) is 24.8. The van der Waals surface area contributed by atoms with Gasteiger partial charge in [-0.25, -0.2) is 5.43 Å². The molecule has 0 spiro atoms. The molecule has 2 N–H and O–H groups in total. The van der Waals surface area contributed by atoms with Gasteiger partial charge in [-0.3, -0.25) is 14.6 Å². The van der Waals surface area contributed by atoms with Crippen molar-refractivity contribution in [2.24, 2.45) is 11.0 Å². The van der Waals surface area contributed by atoms with Crippen molar-refractivity contribution in [3.8, 4) is 0 Å². The molecule has 1 aromatic heterocycles. The van der Waals surface area contributed by atoms with Crippen LogP contribution in [0.15, 0.2) is 65.9 Å². The number of halogens is 5. The van der Waals surface area contributed by atoms with E-state index in [0.29, 0.717) is 27.0 Å². The Morgan fingerprint density at radius 1 is 1.00 bits per heavy atom. The van der Waals surface area contributed by atoms with E-state index in [4.69, 9.17) is 58.0 Å². The molecule has 0 radical (unpaired) electrons. The number of carbonyl (C=O) groups excluding carboxylic acids is 2. The number of alkyl halides is 2. The summed E-state index contributed by atoms with van der Waals surface area (Å²) in [4.78, 5) is 29.5. The van der Waals surface area contributed by atoms with Crippen LogP contribution >= 0.6 is 58.0 Å². The number of nitrogens with one attached hydrogen (secondary N) is 2. The maximum atomic E-state index is 12.9. The van der Waals surface area contributed by atoms with Crippen molar-refractivity contribution in [1.82, 2.24) is 10.4 Å². The van der Waals surface area contributed by atoms with Gasteiger partial charge in [0.25, 0.3) is 5.91 Å². The standard InChI is InChI=1S/C23H15Cl5N4O2/c24-13-7-12(8-14(25)9-13)19-20(23(19,27)28)22(34)31-15-4-5-18(26)17(10-15)21(33)32-30-11-16-3-1-2-6-29-16/h1-11,19-20H,(H,31,34)(H,32,33)/b30-11+. The summed E-state index contributed by atoms with van der Waals surface area (Å²) < 4.78 is -1.33. The highest BCUT2D eigenvalue weighted by Crippen LogP contribution is 2.65. The Kier molecular flexibility index (Phi) is 7.36. The normalized spacial score (nSPS) is 18.5. The van der Waals surface area contributed by atoms with Gasteiger partial charge in [0.15, 0.2) is 0 Å². The van der Waals surface area contributed by atoms with Crippen molar-refractivity contribution >= 4 is 81.7 Å². The molecule has 2 aromatic carbocycles. The van der Waals surface area contributed by atoms with Crippen LogP contribution in [0.3, 0.4) is 0 Å². The number of aromatic nitrogens is 1. The van der Waals surface area contributed by atoms with Crippen LogP contribution in [-0.2, 0) is 4.79 Å². The predicted octanol–water partition coefficient (Wildman–Crippen LogP) is 6.33. The van der Waals surface area contributed by atoms with Gasteiger partial charge in [0.05, 0.1) is 28.4 Å². The van der Waals surface area contributed by atoms with Crippen LogP contribution in [0.4, 0.5) is 5.69 Å². The van der Waals surface area contributed by atoms with E-state index >= 15 is 0 Å². The average Bonchev–Trinajstić information content (AvgIpc) is 3.37. The summed E-state index contributed by atoms with van der Waals surface area (Å²) in [6.45, 7) is 0. The molecule has 0 saturated heterocycles. The zero-order valence-corrected chi connectivity index (χ0v) is 20.9. The summed E-state index contributed by atoms with van der Waals surface area (Å²) in [5.41, 5.74) is 4.07. The Morgan fingerprint density at radius 3 is 2.41 bits per heavy atom. The van der Waals surface area contributed by atoms with Crippen LogP contribution in [0.25, 0.3) is 0 Å². The highest BCUT2D eigenvalue weighted by atomic mass is 35.5. The third-order valence-electron chi connectivity index (χ3n) is 5.11. The van der Waals surface area contributed by atoms with Crippen LogP contribution in [-0.4, -0.2) is 27.3 Å². The van der Waals surface area contributed by atoms with E-state index in [0.717, 1.165) is 0 Å². The van der Waals surface area contributed by atoms with Gasteiger partial charge in [0.1, 0.15) is 4.33 Å². The lowest BCUT2D eigenvalue weighted by atomic mass is 10.1. The molecule has 3 aromatic rings. The lowest BCUT2D eigenvalue weighted by Gasteiger charge is -2.09. The van der Waals surface area contributed by atoms with Crippen LogP contribution in [0, 0.1) is 5.92 Å². The summed E-state index contributed by atoms with van der Waals surface area (Å²) in [5.74, 6) is -2.23. The van der Waals surface area contributed by atoms with E-state index in [2.05, 4.69) is 20.8 Å². The van der Waals surface area contributed by atoms with Crippen LogP contribution in [0.5, 0.6) is 0 Å². The van der Waals surface area contributed by atoms with Crippen molar-refractivity contribution in [3.63, 3.8) is 0 Å². The molecule has 11 heteroatoms. The minimum atomic E-state index is -1.33. The second-order valence-electron chi connectivity index (χ2n) is 7.47. The average molecular weight is 557 g/mol. The summed E-state index contributed by atoms with van der Waals surface area (Å²) in [5, 5.41) is 7.62. The monoisotopic (exact) mass is 554 g/mol. The van der Waals surface area contributed by atoms with Gasteiger partial charge >= 0.3 is 0 Å². The molecule has 1 aliphatic carbocycles. The number of rotatable bonds is 6. The van der Waals surface area contributed by atoms with Gasteiger partial charge < -0.3 is 5.32 Å². The third kappa shape index (κ3) is 5.48. The first-order valence-corrected chi connectivity index (χ1v) is 11.7. The number of hydrazone groups is 1. The molecule has 6 nitrogen and oxygen atoms in total. The number of hydrogen-bond donors (Lipinski definition) is 2. The fourth-order valence-corrected chi connectivity index (χ4v) is 5.06. The van der Waals surface area contributed by atoms with Crippen molar-refractivity contribution in [2.45, 2.75) is 10.3 Å². The SMILES string of the molecule is O=C(N/N=C/c1ccccn1)c1cc(NC(=O)C2C(c3cc(Cl)cc(Cl)c3)C2(Cl)Cl)ccc1Cl. The molecule has 174 valence electrons. The molecule has 4 rings (SSSR count). The highest BCUT2D eigenvalue weighted by molar-refractivity contribution is 6.53. The first-order valence-electron chi connectivity index (χ1n) is 9.85. The third-order valence-corrected chi connectivity index (χ3v) is 6.82. The fraction of sp³-hybridized carbons (Fsp3) is 0.130. The van der Waals surface area contributed by atoms with Gasteiger partial charge in [-0.1, -0.05) is 40.9 Å². The number of benzene rings is 2. The molecule has 0 bridgehead atoms. The number of carbonyl (C=O) groups is 2. The molecule has 1 saturated carbocycles. The topological polar surface area (TPSA) is 83.4 Å². The summed E-state index contributed by atoms with van der Waals surface area (Å²) in [6.07, 6.45) is 3.00. The van der Waals surface area contributed by atoms with Gasteiger partial charge in [-0.2, -0.15) is 5.10 Å². The molecule has 1 heterocycles. The van der Waals surface area contributed by atoms with Crippen molar-refractivity contribution in [2.75, 3.05) is 5.32 Å². The predicted molar refractivity (Wildman–Crippen MR) is 137 cm³/mol. The molecule has 1 aliphatic rings. The number of nitrogens with zero attached hydrogens (tertiary/aromatic N) is 2. The Bertz CT molecular complexity index is 1260. The van der Waals surface area contributed by atoms with Crippen LogP contribution in [0.1, 0.15) is 27.5 Å². The fourth-order valence-electron chi connectivity index (χ4n) is 3.49. The van der Waals surface area contributed by atoms with Crippen molar-refractivity contribution < 1.29 is 9.59 Å². The van der Waals surface area contributed by atoms with Crippen LogP contribution in [0.2, 0.25) is 15.1 Å². The van der Waals surface area contributed by atoms with Gasteiger partial charge in [-0.05, 0) is 54.1 Å². The maximum absolute atomic E-state index is 12.9. The zero-order valence-electron chi connectivity index (χ0n) is 17.1. The molecule has 1 fully saturated rings. The van der Waals surface area contributed by atoms with Gasteiger partial charge in [0.2, 0.25) is 5.91 Å². The Hall–Kier alpha value is -2.35. The molecule has 2 atom stereocenters. The van der Waals surface area contributed by atoms with E-state index in [1.165, 1.54) is 18.3 Å². The lowest BCUT2D eigenvalue weighted by Crippen LogP contribution is -2.20. The molecule has 34 heavy (non-hydrogen) atoms. The summed E-state index contributed by atoms with van der Waals surface area (Å²) in [6, 6.07) is 14.7. The number of hydrogen-bond acceptors (Lipinski definition) is 4. The van der Waals surface area contributed by atoms with E-state index in [1.807, 2.05) is 0 Å².